The first kappa shape index (κ1) is 14.3. The number of hydrogen-bond acceptors (Lipinski definition) is 3. The summed E-state index contributed by atoms with van der Waals surface area (Å²) < 4.78 is 18.4. The van der Waals surface area contributed by atoms with E-state index in [0.717, 1.165) is 31.0 Å². The highest BCUT2D eigenvalue weighted by Crippen LogP contribution is 2.17. The fourth-order valence-corrected chi connectivity index (χ4v) is 2.00. The van der Waals surface area contributed by atoms with Crippen LogP contribution in [0.2, 0.25) is 0 Å². The highest BCUT2D eigenvalue weighted by molar-refractivity contribution is 6.00. The van der Waals surface area contributed by atoms with Gasteiger partial charge in [-0.25, -0.2) is 14.0 Å². The van der Waals surface area contributed by atoms with Crippen LogP contribution in [0.4, 0.5) is 14.9 Å². The van der Waals surface area contributed by atoms with Crippen molar-refractivity contribution in [1.82, 2.24) is 5.32 Å². The van der Waals surface area contributed by atoms with Crippen molar-refractivity contribution in [1.29, 1.82) is 0 Å². The lowest BCUT2D eigenvalue weighted by Crippen LogP contribution is -2.42. The normalized spacial score (nSPS) is 18.4. The number of benzene rings is 1. The summed E-state index contributed by atoms with van der Waals surface area (Å²) in [6, 6.07) is 2.41. The summed E-state index contributed by atoms with van der Waals surface area (Å²) in [4.78, 5) is 22.8. The molecule has 0 bridgehead atoms. The van der Waals surface area contributed by atoms with E-state index in [2.05, 4.69) is 10.6 Å². The first-order chi connectivity index (χ1) is 9.56. The molecule has 1 aliphatic rings. The fraction of sp³-hybridized carbons (Fsp3) is 0.385. The molecule has 0 radical (unpaired) electrons. The van der Waals surface area contributed by atoms with Crippen LogP contribution in [-0.2, 0) is 4.74 Å². The molecule has 2 rings (SSSR count). The van der Waals surface area contributed by atoms with Crippen LogP contribution in [0.15, 0.2) is 18.2 Å². The Balaban J connectivity index is 2.03. The Hall–Kier alpha value is -2.15. The summed E-state index contributed by atoms with van der Waals surface area (Å²) in [5.41, 5.74) is -0.242. The second kappa shape index (κ2) is 6.33. The van der Waals surface area contributed by atoms with Gasteiger partial charge in [-0.1, -0.05) is 0 Å². The number of rotatable bonds is 3. The van der Waals surface area contributed by atoms with E-state index in [0.29, 0.717) is 13.2 Å². The first-order valence-corrected chi connectivity index (χ1v) is 6.24. The lowest BCUT2D eigenvalue weighted by Gasteiger charge is -2.23. The number of halogens is 1. The van der Waals surface area contributed by atoms with Crippen molar-refractivity contribution < 1.29 is 23.8 Å². The van der Waals surface area contributed by atoms with Crippen molar-refractivity contribution in [2.75, 3.05) is 18.5 Å². The molecule has 1 aromatic carbocycles. The lowest BCUT2D eigenvalue weighted by molar-refractivity contribution is 0.0697. The number of anilines is 1. The Kier molecular flexibility index (Phi) is 4.52. The minimum absolute atomic E-state index is 0.0771. The molecule has 0 aromatic heterocycles. The molecular formula is C13H15FN2O4. The molecule has 7 heteroatoms. The molecule has 1 fully saturated rings. The third-order valence-electron chi connectivity index (χ3n) is 2.96. The van der Waals surface area contributed by atoms with Gasteiger partial charge in [0.25, 0.3) is 0 Å². The molecule has 0 aliphatic carbocycles. The van der Waals surface area contributed by atoms with Crippen LogP contribution in [0, 0.1) is 5.82 Å². The lowest BCUT2D eigenvalue weighted by atomic mass is 10.1. The number of aromatic carboxylic acids is 1. The van der Waals surface area contributed by atoms with Crippen LogP contribution in [0.3, 0.4) is 0 Å². The topological polar surface area (TPSA) is 87.7 Å². The van der Waals surface area contributed by atoms with Crippen LogP contribution in [0.1, 0.15) is 23.2 Å². The number of carboxylic acids is 1. The standard InChI is InChI=1S/C13H15FN2O4/c14-8-3-4-10(12(17)18)11(6-8)16-13(19)15-9-2-1-5-20-7-9/h3-4,6,9H,1-2,5,7H2,(H,17,18)(H2,15,16,19). The molecule has 1 aliphatic heterocycles. The number of ether oxygens (including phenoxy) is 1. The van der Waals surface area contributed by atoms with Gasteiger partial charge in [0.2, 0.25) is 0 Å². The molecule has 1 saturated heterocycles. The van der Waals surface area contributed by atoms with Gasteiger partial charge in [-0.2, -0.15) is 0 Å². The zero-order chi connectivity index (χ0) is 14.5. The van der Waals surface area contributed by atoms with Gasteiger partial charge in [-0.3, -0.25) is 0 Å². The van der Waals surface area contributed by atoms with Crippen LogP contribution in [0.5, 0.6) is 0 Å². The zero-order valence-corrected chi connectivity index (χ0v) is 10.7. The average Bonchev–Trinajstić information content (AvgIpc) is 2.39. The van der Waals surface area contributed by atoms with Gasteiger partial charge >= 0.3 is 12.0 Å². The third kappa shape index (κ3) is 3.67. The number of amides is 2. The summed E-state index contributed by atoms with van der Waals surface area (Å²) >= 11 is 0. The summed E-state index contributed by atoms with van der Waals surface area (Å²) in [7, 11) is 0. The average molecular weight is 282 g/mol. The monoisotopic (exact) mass is 282 g/mol. The van der Waals surface area contributed by atoms with Crippen molar-refractivity contribution >= 4 is 17.7 Å². The van der Waals surface area contributed by atoms with Crippen LogP contribution < -0.4 is 10.6 Å². The minimum atomic E-state index is -1.23. The van der Waals surface area contributed by atoms with E-state index in [1.54, 1.807) is 0 Å². The van der Waals surface area contributed by atoms with Crippen molar-refractivity contribution in [3.8, 4) is 0 Å². The summed E-state index contributed by atoms with van der Waals surface area (Å²) in [6.07, 6.45) is 1.65. The molecule has 6 nitrogen and oxygen atoms in total. The molecule has 0 spiro atoms. The number of urea groups is 1. The van der Waals surface area contributed by atoms with Gasteiger partial charge in [0.1, 0.15) is 5.82 Å². The highest BCUT2D eigenvalue weighted by Gasteiger charge is 2.18. The largest absolute Gasteiger partial charge is 0.478 e. The summed E-state index contributed by atoms with van der Waals surface area (Å²) in [5.74, 6) is -1.85. The maximum absolute atomic E-state index is 13.1. The number of nitrogens with one attached hydrogen (secondary N) is 2. The predicted octanol–water partition coefficient (Wildman–Crippen LogP) is 1.82. The van der Waals surface area contributed by atoms with Crippen molar-refractivity contribution in [3.63, 3.8) is 0 Å². The van der Waals surface area contributed by atoms with Crippen LogP contribution in [-0.4, -0.2) is 36.4 Å². The Bertz CT molecular complexity index is 515. The molecule has 1 atom stereocenters. The molecule has 1 aromatic rings. The molecule has 20 heavy (non-hydrogen) atoms. The number of carbonyl (C=O) groups is 2. The first-order valence-electron chi connectivity index (χ1n) is 6.24. The number of carbonyl (C=O) groups excluding carboxylic acids is 1. The van der Waals surface area contributed by atoms with Gasteiger partial charge in [0.15, 0.2) is 0 Å². The molecule has 1 heterocycles. The Labute approximate surface area is 114 Å². The van der Waals surface area contributed by atoms with Gasteiger partial charge in [-0.05, 0) is 31.0 Å². The van der Waals surface area contributed by atoms with E-state index in [-0.39, 0.29) is 17.3 Å². The smallest absolute Gasteiger partial charge is 0.337 e. The fourth-order valence-electron chi connectivity index (χ4n) is 2.00. The number of hydrogen-bond donors (Lipinski definition) is 3. The Morgan fingerprint density at radius 3 is 2.85 bits per heavy atom. The molecule has 108 valence electrons. The van der Waals surface area contributed by atoms with E-state index in [4.69, 9.17) is 9.84 Å². The van der Waals surface area contributed by atoms with Crippen LogP contribution in [0.25, 0.3) is 0 Å². The van der Waals surface area contributed by atoms with E-state index in [1.165, 1.54) is 0 Å². The Morgan fingerprint density at radius 1 is 1.40 bits per heavy atom. The van der Waals surface area contributed by atoms with Gasteiger partial charge in [0.05, 0.1) is 23.9 Å². The molecule has 0 saturated carbocycles. The molecular weight excluding hydrogens is 267 g/mol. The van der Waals surface area contributed by atoms with Crippen molar-refractivity contribution in [2.45, 2.75) is 18.9 Å². The summed E-state index contributed by atoms with van der Waals surface area (Å²) in [5, 5.41) is 14.0. The quantitative estimate of drug-likeness (QED) is 0.789. The molecule has 3 N–H and O–H groups in total. The zero-order valence-electron chi connectivity index (χ0n) is 10.7. The second-order valence-electron chi connectivity index (χ2n) is 4.51. The second-order valence-corrected chi connectivity index (χ2v) is 4.51. The van der Waals surface area contributed by atoms with Gasteiger partial charge < -0.3 is 20.5 Å². The molecule has 2 amide bonds. The maximum atomic E-state index is 13.1. The van der Waals surface area contributed by atoms with Gasteiger partial charge in [-0.15, -0.1) is 0 Å². The van der Waals surface area contributed by atoms with Crippen LogP contribution >= 0.6 is 0 Å². The predicted molar refractivity (Wildman–Crippen MR) is 69.4 cm³/mol. The van der Waals surface area contributed by atoms with E-state index in [9.17, 15) is 14.0 Å². The van der Waals surface area contributed by atoms with E-state index in [1.807, 2.05) is 0 Å². The SMILES string of the molecule is O=C(Nc1cc(F)ccc1C(=O)O)NC1CCCOC1. The number of carboxylic acid groups (broad SMARTS) is 1. The molecule has 1 unspecified atom stereocenters. The van der Waals surface area contributed by atoms with Crippen molar-refractivity contribution in [2.24, 2.45) is 0 Å². The maximum Gasteiger partial charge on any atom is 0.337 e. The van der Waals surface area contributed by atoms with E-state index >= 15 is 0 Å². The van der Waals surface area contributed by atoms with Gasteiger partial charge in [0, 0.05) is 6.61 Å². The minimum Gasteiger partial charge on any atom is -0.478 e. The van der Waals surface area contributed by atoms with Crippen molar-refractivity contribution in [3.05, 3.63) is 29.6 Å². The third-order valence-corrected chi connectivity index (χ3v) is 2.96. The summed E-state index contributed by atoms with van der Waals surface area (Å²) in [6.45, 7) is 1.09. The Morgan fingerprint density at radius 2 is 2.20 bits per heavy atom. The highest BCUT2D eigenvalue weighted by atomic mass is 19.1. The van der Waals surface area contributed by atoms with E-state index < -0.39 is 17.8 Å².